The van der Waals surface area contributed by atoms with Crippen molar-refractivity contribution in [1.29, 1.82) is 0 Å². The lowest BCUT2D eigenvalue weighted by Gasteiger charge is -2.31. The third-order valence-corrected chi connectivity index (χ3v) is 4.12. The van der Waals surface area contributed by atoms with Gasteiger partial charge in [-0.25, -0.2) is 4.79 Å². The molecule has 1 aromatic carbocycles. The van der Waals surface area contributed by atoms with Crippen molar-refractivity contribution in [3.05, 3.63) is 22.7 Å². The zero-order chi connectivity index (χ0) is 14.5. The average molecular weight is 343 g/mol. The van der Waals surface area contributed by atoms with Crippen LogP contribution in [0.2, 0.25) is 0 Å². The topological polar surface area (TPSA) is 61.8 Å². The van der Waals surface area contributed by atoms with Gasteiger partial charge in [0.25, 0.3) is 0 Å². The number of carbonyl (C=O) groups excluding carboxylic acids is 1. The quantitative estimate of drug-likeness (QED) is 0.887. The molecule has 0 bridgehead atoms. The van der Waals surface area contributed by atoms with Crippen LogP contribution in [0.15, 0.2) is 22.7 Å². The van der Waals surface area contributed by atoms with Gasteiger partial charge >= 0.3 is 6.03 Å². The summed E-state index contributed by atoms with van der Waals surface area (Å²) in [6.07, 6.45) is 1.91. The number of urea groups is 1. The molecule has 0 aliphatic carbocycles. The Morgan fingerprint density at radius 2 is 2.40 bits per heavy atom. The summed E-state index contributed by atoms with van der Waals surface area (Å²) in [6, 6.07) is 5.29. The molecule has 6 heteroatoms. The van der Waals surface area contributed by atoms with E-state index in [0.29, 0.717) is 18.0 Å². The number of amides is 2. The van der Waals surface area contributed by atoms with Gasteiger partial charge in [-0.05, 0) is 46.8 Å². The molecule has 110 valence electrons. The lowest BCUT2D eigenvalue weighted by molar-refractivity contribution is 0.136. The smallest absolute Gasteiger partial charge is 0.321 e. The second kappa shape index (κ2) is 6.95. The van der Waals surface area contributed by atoms with Gasteiger partial charge in [0, 0.05) is 31.5 Å². The summed E-state index contributed by atoms with van der Waals surface area (Å²) in [6.45, 7) is 1.47. The summed E-state index contributed by atoms with van der Waals surface area (Å²) < 4.78 is 6.05. The van der Waals surface area contributed by atoms with Crippen molar-refractivity contribution in [2.45, 2.75) is 12.8 Å². The molecule has 0 aromatic heterocycles. The predicted octanol–water partition coefficient (Wildman–Crippen LogP) is 2.69. The Morgan fingerprint density at radius 1 is 1.60 bits per heavy atom. The second-order valence-corrected chi connectivity index (χ2v) is 5.77. The Labute approximate surface area is 127 Å². The number of aliphatic hydroxyl groups is 1. The minimum atomic E-state index is -0.132. The summed E-state index contributed by atoms with van der Waals surface area (Å²) in [5.41, 5.74) is 0.696. The molecule has 0 radical (unpaired) electrons. The number of nitrogens with zero attached hydrogens (tertiary/aromatic N) is 1. The van der Waals surface area contributed by atoms with Crippen molar-refractivity contribution < 1.29 is 14.6 Å². The number of hydrogen-bond acceptors (Lipinski definition) is 3. The van der Waals surface area contributed by atoms with Crippen LogP contribution in [0.5, 0.6) is 5.75 Å². The summed E-state index contributed by atoms with van der Waals surface area (Å²) in [4.78, 5) is 13.9. The van der Waals surface area contributed by atoms with Gasteiger partial charge in [0.05, 0.1) is 11.6 Å². The highest BCUT2D eigenvalue weighted by atomic mass is 79.9. The van der Waals surface area contributed by atoms with Crippen molar-refractivity contribution >= 4 is 27.6 Å². The number of likely N-dealkylation sites (tertiary alicyclic amines) is 1. The number of carbonyl (C=O) groups is 1. The summed E-state index contributed by atoms with van der Waals surface area (Å²) in [5.74, 6) is 0.864. The molecule has 0 unspecified atom stereocenters. The van der Waals surface area contributed by atoms with Crippen molar-refractivity contribution in [2.24, 2.45) is 5.92 Å². The second-order valence-electron chi connectivity index (χ2n) is 4.92. The van der Waals surface area contributed by atoms with Gasteiger partial charge in [-0.3, -0.25) is 0 Å². The molecule has 2 rings (SSSR count). The van der Waals surface area contributed by atoms with E-state index in [0.717, 1.165) is 23.9 Å². The maximum Gasteiger partial charge on any atom is 0.321 e. The Morgan fingerprint density at radius 3 is 3.10 bits per heavy atom. The van der Waals surface area contributed by atoms with E-state index >= 15 is 0 Å². The van der Waals surface area contributed by atoms with Gasteiger partial charge in [-0.15, -0.1) is 0 Å². The van der Waals surface area contributed by atoms with Crippen LogP contribution >= 0.6 is 15.9 Å². The Balaban J connectivity index is 2.00. The number of rotatable bonds is 3. The van der Waals surface area contributed by atoms with Crippen molar-refractivity contribution in [2.75, 3.05) is 32.1 Å². The molecule has 1 aliphatic heterocycles. The van der Waals surface area contributed by atoms with Crippen LogP contribution in [0.4, 0.5) is 10.5 Å². The number of benzene rings is 1. The molecule has 1 atom stereocenters. The fraction of sp³-hybridized carbons (Fsp3) is 0.500. The van der Waals surface area contributed by atoms with Crippen LogP contribution in [0.1, 0.15) is 12.8 Å². The molecule has 2 amide bonds. The number of methoxy groups -OCH3 is 1. The fourth-order valence-electron chi connectivity index (χ4n) is 2.34. The Kier molecular flexibility index (Phi) is 5.25. The van der Waals surface area contributed by atoms with Crippen LogP contribution in [-0.4, -0.2) is 42.8 Å². The molecule has 0 saturated carbocycles. The van der Waals surface area contributed by atoms with Crippen molar-refractivity contribution in [3.63, 3.8) is 0 Å². The molecule has 5 nitrogen and oxygen atoms in total. The van der Waals surface area contributed by atoms with Gasteiger partial charge in [0.2, 0.25) is 0 Å². The number of nitrogens with one attached hydrogen (secondary N) is 1. The zero-order valence-corrected chi connectivity index (χ0v) is 13.0. The molecule has 1 aliphatic rings. The number of halogens is 1. The first-order valence-corrected chi connectivity index (χ1v) is 7.43. The van der Waals surface area contributed by atoms with E-state index in [1.165, 1.54) is 0 Å². The molecule has 1 fully saturated rings. The maximum atomic E-state index is 12.2. The number of ether oxygens (including phenoxy) is 1. The standard InChI is InChI=1S/C14H19BrN2O3/c1-20-13-7-11(4-5-12(13)15)16-14(19)17-6-2-3-10(8-17)9-18/h4-5,7,10,18H,2-3,6,8-9H2,1H3,(H,16,19)/t10-/m1/s1. The third-order valence-electron chi connectivity index (χ3n) is 3.47. The fourth-order valence-corrected chi connectivity index (χ4v) is 2.75. The van der Waals surface area contributed by atoms with E-state index in [9.17, 15) is 9.90 Å². The van der Waals surface area contributed by atoms with Gasteiger partial charge in [-0.2, -0.15) is 0 Å². The van der Waals surface area contributed by atoms with E-state index in [2.05, 4.69) is 21.2 Å². The first-order chi connectivity index (χ1) is 9.63. The minimum Gasteiger partial charge on any atom is -0.495 e. The molecular formula is C14H19BrN2O3. The number of aliphatic hydroxyl groups excluding tert-OH is 1. The van der Waals surface area contributed by atoms with Gasteiger partial charge < -0.3 is 20.1 Å². The van der Waals surface area contributed by atoms with Crippen LogP contribution < -0.4 is 10.1 Å². The van der Waals surface area contributed by atoms with Gasteiger partial charge in [0.15, 0.2) is 0 Å². The normalized spacial score (nSPS) is 18.8. The highest BCUT2D eigenvalue weighted by molar-refractivity contribution is 9.10. The highest BCUT2D eigenvalue weighted by Crippen LogP contribution is 2.28. The lowest BCUT2D eigenvalue weighted by atomic mass is 9.99. The van der Waals surface area contributed by atoms with E-state index < -0.39 is 0 Å². The lowest BCUT2D eigenvalue weighted by Crippen LogP contribution is -2.43. The number of piperidine rings is 1. The predicted molar refractivity (Wildman–Crippen MR) is 81.1 cm³/mol. The molecule has 20 heavy (non-hydrogen) atoms. The molecule has 1 heterocycles. The highest BCUT2D eigenvalue weighted by Gasteiger charge is 2.23. The molecule has 1 saturated heterocycles. The van der Waals surface area contributed by atoms with Crippen molar-refractivity contribution in [3.8, 4) is 5.75 Å². The monoisotopic (exact) mass is 342 g/mol. The molecule has 1 aromatic rings. The largest absolute Gasteiger partial charge is 0.495 e. The van der Waals surface area contributed by atoms with Crippen LogP contribution in [0.3, 0.4) is 0 Å². The summed E-state index contributed by atoms with van der Waals surface area (Å²) in [7, 11) is 1.59. The Hall–Kier alpha value is -1.27. The summed E-state index contributed by atoms with van der Waals surface area (Å²) >= 11 is 3.37. The van der Waals surface area contributed by atoms with Crippen molar-refractivity contribution in [1.82, 2.24) is 4.90 Å². The maximum absolute atomic E-state index is 12.2. The van der Waals surface area contributed by atoms with Gasteiger partial charge in [-0.1, -0.05) is 0 Å². The minimum absolute atomic E-state index is 0.132. The molecule has 0 spiro atoms. The summed E-state index contributed by atoms with van der Waals surface area (Å²) in [5, 5.41) is 12.1. The molecule has 2 N–H and O–H groups in total. The SMILES string of the molecule is COc1cc(NC(=O)N2CCC[C@@H](CO)C2)ccc1Br. The van der Waals surface area contributed by atoms with Gasteiger partial charge in [0.1, 0.15) is 5.75 Å². The Bertz CT molecular complexity index is 481. The van der Waals surface area contributed by atoms with E-state index in [1.807, 2.05) is 12.1 Å². The number of anilines is 1. The zero-order valence-electron chi connectivity index (χ0n) is 11.4. The number of hydrogen-bond donors (Lipinski definition) is 2. The first kappa shape index (κ1) is 15.1. The van der Waals surface area contributed by atoms with E-state index in [1.54, 1.807) is 18.1 Å². The van der Waals surface area contributed by atoms with Crippen LogP contribution in [-0.2, 0) is 0 Å². The van der Waals surface area contributed by atoms with E-state index in [4.69, 9.17) is 4.74 Å². The van der Waals surface area contributed by atoms with E-state index in [-0.39, 0.29) is 18.6 Å². The van der Waals surface area contributed by atoms with Crippen LogP contribution in [0.25, 0.3) is 0 Å². The third kappa shape index (κ3) is 3.64. The molecular weight excluding hydrogens is 324 g/mol. The average Bonchev–Trinajstić information content (AvgIpc) is 2.49. The van der Waals surface area contributed by atoms with Crippen LogP contribution in [0, 0.1) is 5.92 Å². The first-order valence-electron chi connectivity index (χ1n) is 6.64.